The molecule has 1 aromatic carbocycles. The summed E-state index contributed by atoms with van der Waals surface area (Å²) in [6.07, 6.45) is -0.619. The van der Waals surface area contributed by atoms with Crippen molar-refractivity contribution in [2.75, 3.05) is 19.8 Å². The maximum absolute atomic E-state index is 11.1. The van der Waals surface area contributed by atoms with Gasteiger partial charge < -0.3 is 19.7 Å². The van der Waals surface area contributed by atoms with Gasteiger partial charge in [-0.2, -0.15) is 0 Å². The molecule has 18 heavy (non-hydrogen) atoms. The van der Waals surface area contributed by atoms with Crippen molar-refractivity contribution in [2.45, 2.75) is 19.4 Å². The molecule has 0 amide bonds. The number of carbonyl (C=O) groups is 1. The number of aliphatic carboxylic acids is 1. The fraction of sp³-hybridized carbons (Fsp3) is 0.462. The normalized spacial score (nSPS) is 12.1. The Morgan fingerprint density at radius 3 is 2.83 bits per heavy atom. The number of carboxylic acid groups (broad SMARTS) is 1. The van der Waals surface area contributed by atoms with Gasteiger partial charge in [0.25, 0.3) is 0 Å². The van der Waals surface area contributed by atoms with E-state index < -0.39 is 12.1 Å². The van der Waals surface area contributed by atoms with E-state index in [1.54, 1.807) is 24.3 Å². The smallest absolute Gasteiger partial charge is 0.337 e. The Labute approximate surface area is 106 Å². The second kappa shape index (κ2) is 7.68. The van der Waals surface area contributed by atoms with Crippen LogP contribution in [-0.4, -0.2) is 36.0 Å². The molecule has 0 spiro atoms. The van der Waals surface area contributed by atoms with E-state index in [9.17, 15) is 4.79 Å². The first-order valence-corrected chi connectivity index (χ1v) is 5.87. The highest BCUT2D eigenvalue weighted by Crippen LogP contribution is 2.22. The van der Waals surface area contributed by atoms with Crippen LogP contribution >= 0.6 is 0 Å². The second-order valence-corrected chi connectivity index (χ2v) is 3.67. The summed E-state index contributed by atoms with van der Waals surface area (Å²) in [6, 6.07) is 6.83. The minimum atomic E-state index is -1.05. The van der Waals surface area contributed by atoms with Gasteiger partial charge in [-0.3, -0.25) is 0 Å². The van der Waals surface area contributed by atoms with Crippen molar-refractivity contribution in [1.29, 1.82) is 0 Å². The zero-order valence-electron chi connectivity index (χ0n) is 10.3. The number of hydrogen-bond donors (Lipinski definition) is 2. The summed E-state index contributed by atoms with van der Waals surface area (Å²) in [5.74, 6) is -0.436. The molecule has 0 saturated carbocycles. The Morgan fingerprint density at radius 2 is 2.22 bits per heavy atom. The zero-order chi connectivity index (χ0) is 13.4. The Kier molecular flexibility index (Phi) is 6.18. The summed E-state index contributed by atoms with van der Waals surface area (Å²) < 4.78 is 10.6. The van der Waals surface area contributed by atoms with E-state index in [0.29, 0.717) is 24.3 Å². The van der Waals surface area contributed by atoms with Gasteiger partial charge in [0.15, 0.2) is 6.10 Å². The van der Waals surface area contributed by atoms with Crippen molar-refractivity contribution in [3.05, 3.63) is 29.8 Å². The molecular formula is C13H18O5. The maximum atomic E-state index is 11.1. The monoisotopic (exact) mass is 254 g/mol. The molecule has 1 aromatic rings. The number of ether oxygens (including phenoxy) is 2. The second-order valence-electron chi connectivity index (χ2n) is 3.67. The highest BCUT2D eigenvalue weighted by molar-refractivity contribution is 5.74. The van der Waals surface area contributed by atoms with E-state index >= 15 is 0 Å². The van der Waals surface area contributed by atoms with Crippen LogP contribution in [0.25, 0.3) is 0 Å². The number of benzene rings is 1. The van der Waals surface area contributed by atoms with Gasteiger partial charge in [0.2, 0.25) is 0 Å². The zero-order valence-corrected chi connectivity index (χ0v) is 10.3. The summed E-state index contributed by atoms with van der Waals surface area (Å²) >= 11 is 0. The van der Waals surface area contributed by atoms with Crippen molar-refractivity contribution in [1.82, 2.24) is 0 Å². The van der Waals surface area contributed by atoms with Crippen molar-refractivity contribution >= 4 is 5.97 Å². The van der Waals surface area contributed by atoms with Crippen LogP contribution in [0, 0.1) is 0 Å². The van der Waals surface area contributed by atoms with Crippen LogP contribution in [0.2, 0.25) is 0 Å². The molecule has 0 aliphatic carbocycles. The summed E-state index contributed by atoms with van der Waals surface area (Å²) in [7, 11) is 0. The lowest BCUT2D eigenvalue weighted by Crippen LogP contribution is -2.16. The van der Waals surface area contributed by atoms with Crippen molar-refractivity contribution in [2.24, 2.45) is 0 Å². The van der Waals surface area contributed by atoms with Crippen LogP contribution in [-0.2, 0) is 9.53 Å². The fourth-order valence-electron chi connectivity index (χ4n) is 1.51. The van der Waals surface area contributed by atoms with E-state index in [2.05, 4.69) is 0 Å². The highest BCUT2D eigenvalue weighted by Gasteiger charge is 2.20. The van der Waals surface area contributed by atoms with E-state index in [1.807, 2.05) is 6.92 Å². The Balaban J connectivity index is 2.77. The lowest BCUT2D eigenvalue weighted by molar-refractivity contribution is -0.151. The molecule has 100 valence electrons. The van der Waals surface area contributed by atoms with Gasteiger partial charge in [-0.15, -0.1) is 0 Å². The van der Waals surface area contributed by atoms with Crippen LogP contribution in [0.3, 0.4) is 0 Å². The van der Waals surface area contributed by atoms with Gasteiger partial charge in [0.1, 0.15) is 5.75 Å². The number of rotatable bonds is 8. The van der Waals surface area contributed by atoms with E-state index in [0.717, 1.165) is 0 Å². The molecular weight excluding hydrogens is 236 g/mol. The quantitative estimate of drug-likeness (QED) is 0.689. The lowest BCUT2D eigenvalue weighted by atomic mass is 10.1. The average molecular weight is 254 g/mol. The van der Waals surface area contributed by atoms with E-state index in [4.69, 9.17) is 19.7 Å². The molecule has 5 heteroatoms. The SMILES string of the molecule is CCOc1cccc(C(OCCCO)C(=O)O)c1. The van der Waals surface area contributed by atoms with Crippen LogP contribution in [0.15, 0.2) is 24.3 Å². The minimum Gasteiger partial charge on any atom is -0.494 e. The summed E-state index contributed by atoms with van der Waals surface area (Å²) in [6.45, 7) is 2.56. The van der Waals surface area contributed by atoms with Gasteiger partial charge in [-0.25, -0.2) is 4.79 Å². The van der Waals surface area contributed by atoms with Crippen LogP contribution in [0.5, 0.6) is 5.75 Å². The highest BCUT2D eigenvalue weighted by atomic mass is 16.5. The van der Waals surface area contributed by atoms with Crippen molar-refractivity contribution in [3.8, 4) is 5.75 Å². The van der Waals surface area contributed by atoms with Crippen molar-refractivity contribution < 1.29 is 24.5 Å². The van der Waals surface area contributed by atoms with Gasteiger partial charge in [-0.05, 0) is 31.0 Å². The summed E-state index contributed by atoms with van der Waals surface area (Å²) in [4.78, 5) is 11.1. The number of aliphatic hydroxyl groups excluding tert-OH is 1. The molecule has 1 rings (SSSR count). The molecule has 0 aromatic heterocycles. The molecule has 0 aliphatic rings. The molecule has 2 N–H and O–H groups in total. The maximum Gasteiger partial charge on any atom is 0.337 e. The molecule has 5 nitrogen and oxygen atoms in total. The molecule has 1 atom stereocenters. The number of aliphatic hydroxyl groups is 1. The van der Waals surface area contributed by atoms with Gasteiger partial charge in [0.05, 0.1) is 13.2 Å². The van der Waals surface area contributed by atoms with Crippen LogP contribution in [0.4, 0.5) is 0 Å². The van der Waals surface area contributed by atoms with Crippen LogP contribution in [0.1, 0.15) is 25.0 Å². The van der Waals surface area contributed by atoms with Gasteiger partial charge in [-0.1, -0.05) is 12.1 Å². The van der Waals surface area contributed by atoms with Gasteiger partial charge in [0, 0.05) is 6.61 Å². The van der Waals surface area contributed by atoms with Gasteiger partial charge >= 0.3 is 5.97 Å². The Hall–Kier alpha value is -1.59. The summed E-state index contributed by atoms with van der Waals surface area (Å²) in [5.41, 5.74) is 0.534. The largest absolute Gasteiger partial charge is 0.494 e. The predicted octanol–water partition coefficient (Wildman–Crippen LogP) is 1.61. The third-order valence-electron chi connectivity index (χ3n) is 2.28. The first-order valence-electron chi connectivity index (χ1n) is 5.87. The molecule has 0 aliphatic heterocycles. The molecule has 0 saturated heterocycles. The predicted molar refractivity (Wildman–Crippen MR) is 65.6 cm³/mol. The topological polar surface area (TPSA) is 76.0 Å². The number of carboxylic acids is 1. The fourth-order valence-corrected chi connectivity index (χ4v) is 1.51. The Morgan fingerprint density at radius 1 is 1.44 bits per heavy atom. The molecule has 0 bridgehead atoms. The minimum absolute atomic E-state index is 0.0225. The molecule has 1 unspecified atom stereocenters. The van der Waals surface area contributed by atoms with Crippen molar-refractivity contribution in [3.63, 3.8) is 0 Å². The van der Waals surface area contributed by atoms with E-state index in [1.165, 1.54) is 0 Å². The third-order valence-corrected chi connectivity index (χ3v) is 2.28. The summed E-state index contributed by atoms with van der Waals surface area (Å²) in [5, 5.41) is 17.8. The first-order chi connectivity index (χ1) is 8.69. The third kappa shape index (κ3) is 4.35. The van der Waals surface area contributed by atoms with E-state index in [-0.39, 0.29) is 13.2 Å². The molecule has 0 radical (unpaired) electrons. The Bertz CT molecular complexity index is 377. The van der Waals surface area contributed by atoms with Crippen LogP contribution < -0.4 is 4.74 Å². The number of hydrogen-bond acceptors (Lipinski definition) is 4. The average Bonchev–Trinajstić information content (AvgIpc) is 2.35. The molecule has 0 fully saturated rings. The standard InChI is InChI=1S/C13H18O5/c1-2-17-11-6-3-5-10(9-11)12(13(15)16)18-8-4-7-14/h3,5-6,9,12,14H,2,4,7-8H2,1H3,(H,15,16). The molecule has 0 heterocycles. The first kappa shape index (κ1) is 14.5. The lowest BCUT2D eigenvalue weighted by Gasteiger charge is -2.14.